The fourth-order valence-corrected chi connectivity index (χ4v) is 1.27. The van der Waals surface area contributed by atoms with Gasteiger partial charge in [0.05, 0.1) is 19.2 Å². The Morgan fingerprint density at radius 2 is 2.17 bits per heavy atom. The van der Waals surface area contributed by atoms with Crippen molar-refractivity contribution >= 4 is 0 Å². The molecule has 0 aliphatic carbocycles. The first kappa shape index (κ1) is 9.30. The Kier molecular flexibility index (Phi) is 3.85. The van der Waals surface area contributed by atoms with Gasteiger partial charge in [-0.05, 0) is 12.8 Å². The van der Waals surface area contributed by atoms with E-state index in [0.29, 0.717) is 6.79 Å². The van der Waals surface area contributed by atoms with Gasteiger partial charge in [-0.2, -0.15) is 11.5 Å². The first-order valence-electron chi connectivity index (χ1n) is 4.09. The summed E-state index contributed by atoms with van der Waals surface area (Å²) in [6.45, 7) is 8.78. The van der Waals surface area contributed by atoms with Gasteiger partial charge in [-0.15, -0.1) is 5.01 Å². The van der Waals surface area contributed by atoms with Crippen LogP contribution >= 0.6 is 0 Å². The average Bonchev–Trinajstić information content (AvgIpc) is 2.15. The van der Waals surface area contributed by atoms with E-state index >= 15 is 0 Å². The van der Waals surface area contributed by atoms with Crippen molar-refractivity contribution in [2.45, 2.75) is 18.9 Å². The second kappa shape index (κ2) is 4.96. The van der Waals surface area contributed by atoms with Crippen LogP contribution in [-0.2, 0) is 9.47 Å². The van der Waals surface area contributed by atoms with Crippen LogP contribution in [0.3, 0.4) is 0 Å². The van der Waals surface area contributed by atoms with Crippen LogP contribution in [0.4, 0.5) is 0 Å². The number of hydrogen-bond acceptors (Lipinski definition) is 3. The van der Waals surface area contributed by atoms with E-state index in [0.717, 1.165) is 25.9 Å². The quantitative estimate of drug-likeness (QED) is 0.465. The van der Waals surface area contributed by atoms with Gasteiger partial charge in [0.2, 0.25) is 0 Å². The van der Waals surface area contributed by atoms with Gasteiger partial charge in [0.25, 0.3) is 0 Å². The van der Waals surface area contributed by atoms with E-state index < -0.39 is 0 Å². The molecule has 1 rings (SSSR count). The Morgan fingerprint density at radius 3 is 2.67 bits per heavy atom. The molecule has 0 atom stereocenters. The molecule has 0 amide bonds. The highest BCUT2D eigenvalue weighted by molar-refractivity contribution is 4.73. The third kappa shape index (κ3) is 2.68. The van der Waals surface area contributed by atoms with E-state index in [4.69, 9.17) is 16.0 Å². The summed E-state index contributed by atoms with van der Waals surface area (Å²) in [7, 11) is 1.62. The van der Waals surface area contributed by atoms with Gasteiger partial charge in [-0.25, -0.2) is 0 Å². The van der Waals surface area contributed by atoms with Crippen molar-refractivity contribution in [2.24, 2.45) is 0 Å². The Hall–Kier alpha value is -0.790. The van der Waals surface area contributed by atoms with Crippen LogP contribution in [0.5, 0.6) is 0 Å². The van der Waals surface area contributed by atoms with Crippen LogP contribution < -0.4 is 0 Å². The van der Waals surface area contributed by atoms with E-state index in [1.54, 1.807) is 12.1 Å². The summed E-state index contributed by atoms with van der Waals surface area (Å²) in [5.41, 5.74) is 0. The van der Waals surface area contributed by atoms with Gasteiger partial charge in [-0.3, -0.25) is 0 Å². The molecule has 1 aliphatic rings. The third-order valence-corrected chi connectivity index (χ3v) is 1.98. The molecule has 0 N–H and O–H groups in total. The molecule has 1 aliphatic heterocycles. The summed E-state index contributed by atoms with van der Waals surface area (Å²) >= 11 is 0. The molecule has 0 spiro atoms. The van der Waals surface area contributed by atoms with Gasteiger partial charge in [-0.1, -0.05) is 0 Å². The molecule has 68 valence electrons. The lowest BCUT2D eigenvalue weighted by atomic mass is 10.1. The first-order valence-corrected chi connectivity index (χ1v) is 4.09. The fourth-order valence-electron chi connectivity index (χ4n) is 1.27. The molecule has 0 aromatic carbocycles. The van der Waals surface area contributed by atoms with Gasteiger partial charge in [0.1, 0.15) is 6.79 Å². The minimum Gasteiger partial charge on any atom is -0.359 e. The van der Waals surface area contributed by atoms with Crippen molar-refractivity contribution < 1.29 is 9.47 Å². The van der Waals surface area contributed by atoms with Crippen LogP contribution in [0, 0.1) is 6.57 Å². The van der Waals surface area contributed by atoms with Crippen LogP contribution in [0.2, 0.25) is 0 Å². The Labute approximate surface area is 72.8 Å². The first-order chi connectivity index (χ1) is 5.86. The van der Waals surface area contributed by atoms with Crippen molar-refractivity contribution in [1.29, 1.82) is 0 Å². The molecule has 0 aromatic rings. The minimum absolute atomic E-state index is 0.281. The molecule has 0 saturated carbocycles. The standard InChI is InChI=1S/C8H14N2O2/c1-9-10-5-3-8(4-6-10)12-7-11-2/h8H,3-7H2,2H3. The van der Waals surface area contributed by atoms with Crippen molar-refractivity contribution in [3.05, 3.63) is 11.5 Å². The lowest BCUT2D eigenvalue weighted by molar-refractivity contribution is -0.0860. The van der Waals surface area contributed by atoms with Crippen molar-refractivity contribution in [3.63, 3.8) is 0 Å². The van der Waals surface area contributed by atoms with Crippen LogP contribution in [0.25, 0.3) is 4.95 Å². The smallest absolute Gasteiger partial charge is 0.146 e. The summed E-state index contributed by atoms with van der Waals surface area (Å²) in [6, 6.07) is 0. The topological polar surface area (TPSA) is 26.1 Å². The predicted octanol–water partition coefficient (Wildman–Crippen LogP) is 0.906. The monoisotopic (exact) mass is 170 g/mol. The molecule has 1 fully saturated rings. The highest BCUT2D eigenvalue weighted by Crippen LogP contribution is 2.13. The second-order valence-corrected chi connectivity index (χ2v) is 2.83. The molecular weight excluding hydrogens is 156 g/mol. The van der Waals surface area contributed by atoms with Gasteiger partial charge < -0.3 is 9.47 Å². The SMILES string of the molecule is [C-]#[N+]N1CCC(OCOC)CC1. The number of ether oxygens (including phenoxy) is 2. The zero-order valence-electron chi connectivity index (χ0n) is 7.32. The number of nitrogens with zero attached hydrogens (tertiary/aromatic N) is 2. The Balaban J connectivity index is 2.14. The summed E-state index contributed by atoms with van der Waals surface area (Å²) in [4.78, 5) is 3.36. The van der Waals surface area contributed by atoms with Crippen molar-refractivity contribution in [3.8, 4) is 0 Å². The molecule has 0 aromatic heterocycles. The number of hydrogen-bond donors (Lipinski definition) is 0. The third-order valence-electron chi connectivity index (χ3n) is 1.98. The summed E-state index contributed by atoms with van der Waals surface area (Å²) in [6.07, 6.45) is 2.15. The normalized spacial score (nSPS) is 19.2. The zero-order valence-corrected chi connectivity index (χ0v) is 7.32. The lowest BCUT2D eigenvalue weighted by Crippen LogP contribution is -2.33. The molecule has 1 saturated heterocycles. The average molecular weight is 170 g/mol. The van der Waals surface area contributed by atoms with Gasteiger partial charge in [0, 0.05) is 7.11 Å². The Morgan fingerprint density at radius 1 is 1.50 bits per heavy atom. The second-order valence-electron chi connectivity index (χ2n) is 2.83. The van der Waals surface area contributed by atoms with Gasteiger partial charge >= 0.3 is 0 Å². The van der Waals surface area contributed by atoms with Gasteiger partial charge in [0.15, 0.2) is 0 Å². The van der Waals surface area contributed by atoms with Crippen LogP contribution in [0.15, 0.2) is 0 Å². The molecular formula is C8H14N2O2. The fraction of sp³-hybridized carbons (Fsp3) is 0.875. The van der Waals surface area contributed by atoms with Crippen molar-refractivity contribution in [1.82, 2.24) is 5.01 Å². The maximum atomic E-state index is 6.79. The number of methoxy groups -OCH3 is 1. The molecule has 4 heteroatoms. The van der Waals surface area contributed by atoms with Crippen molar-refractivity contribution in [2.75, 3.05) is 27.0 Å². The lowest BCUT2D eigenvalue weighted by Gasteiger charge is -2.24. The molecule has 0 unspecified atom stereocenters. The summed E-state index contributed by atoms with van der Waals surface area (Å²) < 4.78 is 10.2. The maximum absolute atomic E-state index is 6.79. The Bertz CT molecular complexity index is 159. The van der Waals surface area contributed by atoms with E-state index in [-0.39, 0.29) is 6.10 Å². The van der Waals surface area contributed by atoms with E-state index in [1.807, 2.05) is 0 Å². The molecule has 12 heavy (non-hydrogen) atoms. The molecule has 4 nitrogen and oxygen atoms in total. The maximum Gasteiger partial charge on any atom is 0.146 e. The van der Waals surface area contributed by atoms with E-state index in [9.17, 15) is 0 Å². The molecule has 1 heterocycles. The van der Waals surface area contributed by atoms with E-state index in [2.05, 4.69) is 4.95 Å². The van der Waals surface area contributed by atoms with Crippen LogP contribution in [-0.4, -0.2) is 38.1 Å². The largest absolute Gasteiger partial charge is 0.359 e. The highest BCUT2D eigenvalue weighted by atomic mass is 16.7. The highest BCUT2D eigenvalue weighted by Gasteiger charge is 2.21. The number of rotatable bonds is 3. The molecule has 0 radical (unpaired) electrons. The minimum atomic E-state index is 0.281. The van der Waals surface area contributed by atoms with Crippen LogP contribution in [0.1, 0.15) is 12.8 Å². The predicted molar refractivity (Wildman–Crippen MR) is 44.2 cm³/mol. The summed E-state index contributed by atoms with van der Waals surface area (Å²) in [5.74, 6) is 0. The summed E-state index contributed by atoms with van der Waals surface area (Å²) in [5, 5.41) is 1.74. The number of piperidine rings is 1. The molecule has 0 bridgehead atoms. The van der Waals surface area contributed by atoms with E-state index in [1.165, 1.54) is 0 Å². The zero-order chi connectivity index (χ0) is 8.81.